The van der Waals surface area contributed by atoms with Crippen molar-refractivity contribution in [3.05, 3.63) is 71.8 Å². The predicted octanol–water partition coefficient (Wildman–Crippen LogP) is 3.28. The van der Waals surface area contributed by atoms with Gasteiger partial charge in [0.2, 0.25) is 11.8 Å². The minimum absolute atomic E-state index is 0.0921. The molecule has 2 aromatic carbocycles. The van der Waals surface area contributed by atoms with Gasteiger partial charge in [0.05, 0.1) is 0 Å². The standard InChI is InChI=1S/C26H31N3O3/c1-18(24(30)27-17-19-10-4-2-5-11-19)28-25(31)23-16-21-14-8-9-15-22(21)29(23)26(32)20-12-6-3-7-13-20/h2-7,10-13,18,21-23H,8-9,14-17H2,1H3,(H,27,30)(H,28,31). The first-order chi connectivity index (χ1) is 15.5. The average molecular weight is 434 g/mol. The molecule has 0 spiro atoms. The van der Waals surface area contributed by atoms with Crippen LogP contribution in [-0.2, 0) is 16.1 Å². The van der Waals surface area contributed by atoms with E-state index in [-0.39, 0.29) is 23.8 Å². The molecule has 2 aliphatic rings. The number of rotatable bonds is 6. The van der Waals surface area contributed by atoms with E-state index in [1.807, 2.05) is 48.5 Å². The molecule has 2 aromatic rings. The molecule has 4 rings (SSSR count). The molecule has 1 aliphatic carbocycles. The van der Waals surface area contributed by atoms with E-state index in [1.165, 1.54) is 0 Å². The Morgan fingerprint density at radius 1 is 0.969 bits per heavy atom. The lowest BCUT2D eigenvalue weighted by molar-refractivity contribution is -0.130. The summed E-state index contributed by atoms with van der Waals surface area (Å²) in [5.74, 6) is -0.236. The Bertz CT molecular complexity index is 947. The molecule has 2 fully saturated rings. The van der Waals surface area contributed by atoms with Gasteiger partial charge in [0.25, 0.3) is 5.91 Å². The zero-order chi connectivity index (χ0) is 22.5. The Hall–Kier alpha value is -3.15. The monoisotopic (exact) mass is 433 g/mol. The number of amides is 3. The number of fused-ring (bicyclic) bond motifs is 1. The fourth-order valence-electron chi connectivity index (χ4n) is 5.03. The third-order valence-corrected chi connectivity index (χ3v) is 6.71. The Morgan fingerprint density at radius 3 is 2.34 bits per heavy atom. The molecule has 4 atom stereocenters. The summed E-state index contributed by atoms with van der Waals surface area (Å²) in [7, 11) is 0. The maximum atomic E-state index is 13.4. The lowest BCUT2D eigenvalue weighted by Gasteiger charge is -2.34. The predicted molar refractivity (Wildman–Crippen MR) is 123 cm³/mol. The molecular formula is C26H31N3O3. The van der Waals surface area contributed by atoms with Gasteiger partial charge in [-0.05, 0) is 49.8 Å². The number of hydrogen-bond donors (Lipinski definition) is 2. The summed E-state index contributed by atoms with van der Waals surface area (Å²) in [5.41, 5.74) is 1.60. The molecule has 1 saturated heterocycles. The SMILES string of the molecule is CC(NC(=O)C1CC2CCCCC2N1C(=O)c1ccccc1)C(=O)NCc1ccccc1. The Balaban J connectivity index is 1.43. The van der Waals surface area contributed by atoms with Crippen molar-refractivity contribution in [1.82, 2.24) is 15.5 Å². The fraction of sp³-hybridized carbons (Fsp3) is 0.423. The van der Waals surface area contributed by atoms with Gasteiger partial charge in [-0.15, -0.1) is 0 Å². The van der Waals surface area contributed by atoms with Gasteiger partial charge in [0.1, 0.15) is 12.1 Å². The molecule has 168 valence electrons. The van der Waals surface area contributed by atoms with Crippen LogP contribution in [-0.4, -0.2) is 40.7 Å². The van der Waals surface area contributed by atoms with Gasteiger partial charge in [0.15, 0.2) is 0 Å². The largest absolute Gasteiger partial charge is 0.350 e. The summed E-state index contributed by atoms with van der Waals surface area (Å²) < 4.78 is 0. The summed E-state index contributed by atoms with van der Waals surface area (Å²) in [4.78, 5) is 40.9. The molecule has 1 saturated carbocycles. The minimum atomic E-state index is -0.678. The van der Waals surface area contributed by atoms with E-state index in [0.717, 1.165) is 31.2 Å². The quantitative estimate of drug-likeness (QED) is 0.734. The van der Waals surface area contributed by atoms with E-state index in [2.05, 4.69) is 10.6 Å². The maximum Gasteiger partial charge on any atom is 0.254 e. The van der Waals surface area contributed by atoms with Gasteiger partial charge in [-0.3, -0.25) is 14.4 Å². The zero-order valence-corrected chi connectivity index (χ0v) is 18.5. The number of benzene rings is 2. The highest BCUT2D eigenvalue weighted by Crippen LogP contribution is 2.40. The Kier molecular flexibility index (Phi) is 6.88. The van der Waals surface area contributed by atoms with Gasteiger partial charge < -0.3 is 15.5 Å². The van der Waals surface area contributed by atoms with Crippen LogP contribution in [0.3, 0.4) is 0 Å². The number of hydrogen-bond acceptors (Lipinski definition) is 3. The smallest absolute Gasteiger partial charge is 0.254 e. The molecule has 3 amide bonds. The molecule has 2 N–H and O–H groups in total. The first kappa shape index (κ1) is 22.1. The highest BCUT2D eigenvalue weighted by atomic mass is 16.2. The number of likely N-dealkylation sites (tertiary alicyclic amines) is 1. The van der Waals surface area contributed by atoms with Crippen molar-refractivity contribution in [3.63, 3.8) is 0 Å². The fourth-order valence-corrected chi connectivity index (χ4v) is 5.03. The Morgan fingerprint density at radius 2 is 1.62 bits per heavy atom. The van der Waals surface area contributed by atoms with Crippen molar-refractivity contribution < 1.29 is 14.4 Å². The van der Waals surface area contributed by atoms with Crippen LogP contribution < -0.4 is 10.6 Å². The lowest BCUT2D eigenvalue weighted by Crippen LogP contribution is -2.53. The third kappa shape index (κ3) is 4.85. The van der Waals surface area contributed by atoms with Crippen molar-refractivity contribution >= 4 is 17.7 Å². The van der Waals surface area contributed by atoms with Crippen LogP contribution in [0.25, 0.3) is 0 Å². The molecule has 6 nitrogen and oxygen atoms in total. The second-order valence-electron chi connectivity index (χ2n) is 8.88. The second kappa shape index (κ2) is 9.98. The van der Waals surface area contributed by atoms with Crippen LogP contribution in [0, 0.1) is 5.92 Å². The summed E-state index contributed by atoms with van der Waals surface area (Å²) >= 11 is 0. The highest BCUT2D eigenvalue weighted by Gasteiger charge is 2.47. The van der Waals surface area contributed by atoms with Crippen molar-refractivity contribution in [1.29, 1.82) is 0 Å². The van der Waals surface area contributed by atoms with Crippen molar-refractivity contribution in [3.8, 4) is 0 Å². The lowest BCUT2D eigenvalue weighted by atomic mass is 9.84. The molecule has 32 heavy (non-hydrogen) atoms. The van der Waals surface area contributed by atoms with Gasteiger partial charge >= 0.3 is 0 Å². The van der Waals surface area contributed by atoms with Crippen LogP contribution in [0.5, 0.6) is 0 Å². The molecular weight excluding hydrogens is 402 g/mol. The highest BCUT2D eigenvalue weighted by molar-refractivity contribution is 5.99. The van der Waals surface area contributed by atoms with E-state index >= 15 is 0 Å². The van der Waals surface area contributed by atoms with Gasteiger partial charge in [0, 0.05) is 18.2 Å². The molecule has 0 aromatic heterocycles. The van der Waals surface area contributed by atoms with Gasteiger partial charge in [-0.2, -0.15) is 0 Å². The van der Waals surface area contributed by atoms with Crippen LogP contribution in [0.1, 0.15) is 54.9 Å². The summed E-state index contributed by atoms with van der Waals surface area (Å²) in [6.45, 7) is 2.09. The molecule has 1 aliphatic heterocycles. The van der Waals surface area contributed by atoms with Gasteiger partial charge in [-0.25, -0.2) is 0 Å². The van der Waals surface area contributed by atoms with Crippen molar-refractivity contribution in [2.75, 3.05) is 0 Å². The average Bonchev–Trinajstić information content (AvgIpc) is 3.23. The first-order valence-corrected chi connectivity index (χ1v) is 11.5. The van der Waals surface area contributed by atoms with Crippen LogP contribution >= 0.6 is 0 Å². The Labute approximate surface area is 189 Å². The maximum absolute atomic E-state index is 13.4. The number of nitrogens with one attached hydrogen (secondary N) is 2. The van der Waals surface area contributed by atoms with Crippen LogP contribution in [0.4, 0.5) is 0 Å². The molecule has 1 heterocycles. The topological polar surface area (TPSA) is 78.5 Å². The van der Waals surface area contributed by atoms with E-state index in [1.54, 1.807) is 24.0 Å². The van der Waals surface area contributed by atoms with Crippen LogP contribution in [0.15, 0.2) is 60.7 Å². The number of nitrogens with zero attached hydrogens (tertiary/aromatic N) is 1. The minimum Gasteiger partial charge on any atom is -0.350 e. The van der Waals surface area contributed by atoms with E-state index in [4.69, 9.17) is 0 Å². The second-order valence-corrected chi connectivity index (χ2v) is 8.88. The molecule has 6 heteroatoms. The van der Waals surface area contributed by atoms with E-state index < -0.39 is 12.1 Å². The molecule has 0 bridgehead atoms. The summed E-state index contributed by atoms with van der Waals surface area (Å²) in [6.07, 6.45) is 4.85. The van der Waals surface area contributed by atoms with Gasteiger partial charge in [-0.1, -0.05) is 61.4 Å². The first-order valence-electron chi connectivity index (χ1n) is 11.5. The number of carbonyl (C=O) groups excluding carboxylic acids is 3. The third-order valence-electron chi connectivity index (χ3n) is 6.71. The normalized spacial score (nSPS) is 23.2. The molecule has 0 radical (unpaired) electrons. The summed E-state index contributed by atoms with van der Waals surface area (Å²) in [5, 5.41) is 5.73. The van der Waals surface area contributed by atoms with Crippen LogP contribution in [0.2, 0.25) is 0 Å². The molecule has 4 unspecified atom stereocenters. The van der Waals surface area contributed by atoms with E-state index in [0.29, 0.717) is 24.4 Å². The van der Waals surface area contributed by atoms with E-state index in [9.17, 15) is 14.4 Å². The van der Waals surface area contributed by atoms with Crippen molar-refractivity contribution in [2.45, 2.75) is 63.7 Å². The summed E-state index contributed by atoms with van der Waals surface area (Å²) in [6, 6.07) is 17.7. The number of carbonyl (C=O) groups is 3. The van der Waals surface area contributed by atoms with Crippen molar-refractivity contribution in [2.24, 2.45) is 5.92 Å². The zero-order valence-electron chi connectivity index (χ0n) is 18.5.